The third-order valence-electron chi connectivity index (χ3n) is 3.53. The molecule has 0 aliphatic carbocycles. The van der Waals surface area contributed by atoms with Gasteiger partial charge in [0.05, 0.1) is 19.8 Å². The van der Waals surface area contributed by atoms with Crippen molar-refractivity contribution < 1.29 is 14.6 Å². The quantitative estimate of drug-likeness (QED) is 0.242. The second kappa shape index (κ2) is 18.1. The molecule has 3 nitrogen and oxygen atoms in total. The number of thiol groups is 2. The van der Waals surface area contributed by atoms with E-state index in [0.29, 0.717) is 13.2 Å². The first-order valence-electron chi connectivity index (χ1n) is 8.38. The summed E-state index contributed by atoms with van der Waals surface area (Å²) < 4.78 is 11.6. The fraction of sp³-hybridized carbons (Fsp3) is 1.00. The summed E-state index contributed by atoms with van der Waals surface area (Å²) >= 11 is 12.2. The van der Waals surface area contributed by atoms with Crippen LogP contribution in [0.4, 0.5) is 0 Å². The van der Waals surface area contributed by atoms with Gasteiger partial charge in [0.2, 0.25) is 0 Å². The Kier molecular flexibility index (Phi) is 19.1. The van der Waals surface area contributed by atoms with Crippen LogP contribution in [0.2, 0.25) is 0 Å². The normalized spacial score (nSPS) is 12.0. The van der Waals surface area contributed by atoms with Crippen molar-refractivity contribution in [1.29, 1.82) is 0 Å². The number of thioether (sulfide) groups is 2. The van der Waals surface area contributed by atoms with E-state index in [9.17, 15) is 5.11 Å². The number of ether oxygens (including phenoxy) is 2. The van der Waals surface area contributed by atoms with Crippen molar-refractivity contribution in [3.8, 4) is 0 Å². The number of hydrogen-bond donors (Lipinski definition) is 3. The van der Waals surface area contributed by atoms with E-state index in [0.717, 1.165) is 67.0 Å². The summed E-state index contributed by atoms with van der Waals surface area (Å²) in [6.07, 6.45) is 2.96. The average molecular weight is 403 g/mol. The van der Waals surface area contributed by atoms with Crippen LogP contribution in [0, 0.1) is 5.41 Å². The highest BCUT2D eigenvalue weighted by Gasteiger charge is 2.28. The van der Waals surface area contributed by atoms with E-state index < -0.39 is 0 Å². The summed E-state index contributed by atoms with van der Waals surface area (Å²) in [5, 5.41) is 9.74. The molecule has 0 saturated carbocycles. The molecule has 0 bridgehead atoms. The lowest BCUT2D eigenvalue weighted by Crippen LogP contribution is -2.36. The molecule has 0 aromatic rings. The van der Waals surface area contributed by atoms with Gasteiger partial charge in [0, 0.05) is 30.1 Å². The molecule has 7 heteroatoms. The van der Waals surface area contributed by atoms with Gasteiger partial charge in [-0.15, -0.1) is 0 Å². The molecule has 0 amide bonds. The van der Waals surface area contributed by atoms with Gasteiger partial charge < -0.3 is 14.6 Å². The predicted octanol–water partition coefficient (Wildman–Crippen LogP) is 3.51. The zero-order chi connectivity index (χ0) is 17.2. The van der Waals surface area contributed by atoms with Gasteiger partial charge in [0.25, 0.3) is 0 Å². The number of rotatable bonds is 18. The summed E-state index contributed by atoms with van der Waals surface area (Å²) in [7, 11) is 0. The minimum absolute atomic E-state index is 0.117. The Bertz CT molecular complexity index is 221. The molecule has 0 aromatic carbocycles. The molecular weight excluding hydrogens is 368 g/mol. The van der Waals surface area contributed by atoms with Gasteiger partial charge in [-0.05, 0) is 42.3 Å². The summed E-state index contributed by atoms with van der Waals surface area (Å²) in [5.41, 5.74) is -0.253. The highest BCUT2D eigenvalue weighted by atomic mass is 32.2. The van der Waals surface area contributed by atoms with E-state index in [1.165, 1.54) is 0 Å². The van der Waals surface area contributed by atoms with Crippen LogP contribution in [0.25, 0.3) is 0 Å². The van der Waals surface area contributed by atoms with Crippen LogP contribution in [-0.4, -0.2) is 72.7 Å². The largest absolute Gasteiger partial charge is 0.396 e. The summed E-state index contributed by atoms with van der Waals surface area (Å²) in [6, 6.07) is 0. The Morgan fingerprint density at radius 2 is 1.35 bits per heavy atom. The molecule has 0 aliphatic heterocycles. The van der Waals surface area contributed by atoms with E-state index in [-0.39, 0.29) is 12.0 Å². The molecular formula is C16H34O3S4. The van der Waals surface area contributed by atoms with Crippen molar-refractivity contribution in [2.75, 3.05) is 67.6 Å². The Morgan fingerprint density at radius 3 is 1.70 bits per heavy atom. The summed E-state index contributed by atoms with van der Waals surface area (Å²) in [6.45, 7) is 4.86. The van der Waals surface area contributed by atoms with Crippen molar-refractivity contribution in [3.63, 3.8) is 0 Å². The van der Waals surface area contributed by atoms with Crippen molar-refractivity contribution in [1.82, 2.24) is 0 Å². The van der Waals surface area contributed by atoms with E-state index in [2.05, 4.69) is 32.2 Å². The molecule has 0 heterocycles. The maximum Gasteiger partial charge on any atom is 0.0566 e. The fourth-order valence-corrected chi connectivity index (χ4v) is 3.97. The van der Waals surface area contributed by atoms with Crippen LogP contribution < -0.4 is 0 Å². The van der Waals surface area contributed by atoms with Gasteiger partial charge in [-0.25, -0.2) is 0 Å². The zero-order valence-corrected chi connectivity index (χ0v) is 17.8. The van der Waals surface area contributed by atoms with Gasteiger partial charge in [-0.1, -0.05) is 6.92 Å². The molecule has 0 radical (unpaired) electrons. The highest BCUT2D eigenvalue weighted by molar-refractivity contribution is 8.00. The highest BCUT2D eigenvalue weighted by Crippen LogP contribution is 2.23. The van der Waals surface area contributed by atoms with Gasteiger partial charge >= 0.3 is 0 Å². The van der Waals surface area contributed by atoms with Crippen LogP contribution in [0.5, 0.6) is 0 Å². The van der Waals surface area contributed by atoms with Crippen molar-refractivity contribution >= 4 is 48.8 Å². The second-order valence-electron chi connectivity index (χ2n) is 5.50. The smallest absolute Gasteiger partial charge is 0.0566 e. The maximum absolute atomic E-state index is 9.74. The van der Waals surface area contributed by atoms with Crippen molar-refractivity contribution in [2.24, 2.45) is 5.41 Å². The van der Waals surface area contributed by atoms with Crippen LogP contribution in [0.15, 0.2) is 0 Å². The standard InChI is InChI=1S/C16H34O3S4/c1-2-16(13-17,14-18-5-3-9-22-11-7-20)15-19-6-4-10-23-12-8-21/h17,20-21H,2-15H2,1H3. The van der Waals surface area contributed by atoms with E-state index in [1.807, 2.05) is 23.5 Å². The van der Waals surface area contributed by atoms with Gasteiger partial charge in [0.15, 0.2) is 0 Å². The minimum atomic E-state index is -0.253. The lowest BCUT2D eigenvalue weighted by atomic mass is 9.88. The third kappa shape index (κ3) is 14.2. The lowest BCUT2D eigenvalue weighted by molar-refractivity contribution is -0.0525. The third-order valence-corrected chi connectivity index (χ3v) is 6.72. The predicted molar refractivity (Wildman–Crippen MR) is 113 cm³/mol. The number of aliphatic hydroxyl groups excluding tert-OH is 1. The second-order valence-corrected chi connectivity index (χ2v) is 8.84. The molecule has 23 heavy (non-hydrogen) atoms. The van der Waals surface area contributed by atoms with Gasteiger partial charge in [-0.2, -0.15) is 48.8 Å². The van der Waals surface area contributed by atoms with Crippen LogP contribution in [0.3, 0.4) is 0 Å². The lowest BCUT2D eigenvalue weighted by Gasteiger charge is -2.30. The molecule has 0 atom stereocenters. The summed E-state index contributed by atoms with van der Waals surface area (Å²) in [4.78, 5) is 0. The molecule has 0 aliphatic rings. The SMILES string of the molecule is CCC(CO)(COCCCSCCS)COCCCSCCS. The van der Waals surface area contributed by atoms with Crippen molar-refractivity contribution in [3.05, 3.63) is 0 Å². The van der Waals surface area contributed by atoms with Gasteiger partial charge in [0.1, 0.15) is 0 Å². The fourth-order valence-electron chi connectivity index (χ4n) is 1.89. The Labute approximate surface area is 162 Å². The molecule has 1 N–H and O–H groups in total. The first-order chi connectivity index (χ1) is 11.2. The first-order valence-corrected chi connectivity index (χ1v) is 12.0. The molecule has 0 saturated heterocycles. The Hall–Kier alpha value is 1.28. The Morgan fingerprint density at radius 1 is 0.870 bits per heavy atom. The molecule has 0 rings (SSSR count). The van der Waals surface area contributed by atoms with Crippen LogP contribution in [0.1, 0.15) is 26.2 Å². The topological polar surface area (TPSA) is 38.7 Å². The van der Waals surface area contributed by atoms with Crippen LogP contribution in [-0.2, 0) is 9.47 Å². The van der Waals surface area contributed by atoms with Gasteiger partial charge in [-0.3, -0.25) is 0 Å². The number of hydrogen-bond acceptors (Lipinski definition) is 7. The molecule has 0 fully saturated rings. The molecule has 0 spiro atoms. The first kappa shape index (κ1) is 24.3. The molecule has 0 aromatic heterocycles. The van der Waals surface area contributed by atoms with E-state index >= 15 is 0 Å². The van der Waals surface area contributed by atoms with Crippen molar-refractivity contribution in [2.45, 2.75) is 26.2 Å². The maximum atomic E-state index is 9.74. The monoisotopic (exact) mass is 402 g/mol. The zero-order valence-electron chi connectivity index (χ0n) is 14.4. The van der Waals surface area contributed by atoms with E-state index in [4.69, 9.17) is 9.47 Å². The minimum Gasteiger partial charge on any atom is -0.396 e. The van der Waals surface area contributed by atoms with E-state index in [1.54, 1.807) is 0 Å². The molecule has 0 unspecified atom stereocenters. The molecule has 140 valence electrons. The Balaban J connectivity index is 3.74. The number of aliphatic hydroxyl groups is 1. The summed E-state index contributed by atoms with van der Waals surface area (Å²) in [5.74, 6) is 6.27. The van der Waals surface area contributed by atoms with Crippen LogP contribution >= 0.6 is 48.8 Å². The average Bonchev–Trinajstić information content (AvgIpc) is 2.58.